The van der Waals surface area contributed by atoms with Crippen molar-refractivity contribution in [2.45, 2.75) is 37.2 Å². The Labute approximate surface area is 182 Å². The fourth-order valence-corrected chi connectivity index (χ4v) is 4.59. The Hall–Kier alpha value is -2.66. The lowest BCUT2D eigenvalue weighted by Crippen LogP contribution is -2.45. The van der Waals surface area contributed by atoms with E-state index in [2.05, 4.69) is 6.58 Å². The van der Waals surface area contributed by atoms with Crippen LogP contribution in [-0.4, -0.2) is 31.3 Å². The molecule has 2 aromatic carbocycles. The van der Waals surface area contributed by atoms with Crippen LogP contribution in [-0.2, 0) is 26.1 Å². The summed E-state index contributed by atoms with van der Waals surface area (Å²) in [5, 5.41) is 9.39. The first-order valence-electron chi connectivity index (χ1n) is 9.37. The monoisotopic (exact) mass is 446 g/mol. The third kappa shape index (κ3) is 5.92. The van der Waals surface area contributed by atoms with Crippen LogP contribution in [0, 0.1) is 11.3 Å². The smallest absolute Gasteiger partial charge is 0.324 e. The van der Waals surface area contributed by atoms with Crippen molar-refractivity contribution in [3.8, 4) is 6.07 Å². The molecule has 0 N–H and O–H groups in total. The van der Waals surface area contributed by atoms with Crippen molar-refractivity contribution in [2.24, 2.45) is 0 Å². The molecule has 30 heavy (non-hydrogen) atoms. The molecule has 0 spiro atoms. The zero-order chi connectivity index (χ0) is 22.1. The van der Waals surface area contributed by atoms with Crippen molar-refractivity contribution in [2.75, 3.05) is 6.61 Å². The van der Waals surface area contributed by atoms with Gasteiger partial charge in [0, 0.05) is 11.6 Å². The maximum Gasteiger partial charge on any atom is 0.324 e. The van der Waals surface area contributed by atoms with Gasteiger partial charge >= 0.3 is 5.97 Å². The molecule has 0 fully saturated rings. The minimum absolute atomic E-state index is 0.0217. The molecule has 6 nitrogen and oxygen atoms in total. The topological polar surface area (TPSA) is 87.5 Å². The standard InChI is InChI=1S/C22H23ClN2O4S/c1-3-5-6-21(22(26)29-4-2)25(16-18-9-7-17(15-24)8-10-18)30(27,28)20-13-11-19(23)12-14-20/h3,7-14,21H,1,4-6,16H2,2H3. The van der Waals surface area contributed by atoms with Crippen molar-refractivity contribution in [1.82, 2.24) is 4.31 Å². The zero-order valence-electron chi connectivity index (χ0n) is 16.6. The number of nitriles is 1. The van der Waals surface area contributed by atoms with Crippen LogP contribution in [0.5, 0.6) is 0 Å². The molecule has 0 aliphatic heterocycles. The third-order valence-electron chi connectivity index (χ3n) is 4.39. The van der Waals surface area contributed by atoms with Gasteiger partial charge in [0.1, 0.15) is 6.04 Å². The number of allylic oxidation sites excluding steroid dienone is 1. The molecule has 2 rings (SSSR count). The fourth-order valence-electron chi connectivity index (χ4n) is 2.86. The molecule has 0 amide bonds. The summed E-state index contributed by atoms with van der Waals surface area (Å²) in [6.45, 7) is 5.41. The van der Waals surface area contributed by atoms with Gasteiger partial charge in [0.05, 0.1) is 23.1 Å². The lowest BCUT2D eigenvalue weighted by molar-refractivity contribution is -0.148. The molecular formula is C22H23ClN2O4S. The number of sulfonamides is 1. The summed E-state index contributed by atoms with van der Waals surface area (Å²) in [6, 6.07) is 13.3. The Morgan fingerprint density at radius 3 is 2.40 bits per heavy atom. The molecule has 0 saturated heterocycles. The van der Waals surface area contributed by atoms with Gasteiger partial charge in [0.2, 0.25) is 10.0 Å². The minimum atomic E-state index is -4.05. The van der Waals surface area contributed by atoms with E-state index in [1.807, 2.05) is 6.07 Å². The van der Waals surface area contributed by atoms with Crippen molar-refractivity contribution >= 4 is 27.6 Å². The number of carbonyl (C=O) groups is 1. The molecular weight excluding hydrogens is 424 g/mol. The number of hydrogen-bond acceptors (Lipinski definition) is 5. The van der Waals surface area contributed by atoms with Gasteiger partial charge in [-0.15, -0.1) is 6.58 Å². The molecule has 0 heterocycles. The Bertz CT molecular complexity index is 1010. The van der Waals surface area contributed by atoms with Gasteiger partial charge in [0.15, 0.2) is 0 Å². The van der Waals surface area contributed by atoms with E-state index in [0.717, 1.165) is 4.31 Å². The van der Waals surface area contributed by atoms with Crippen LogP contribution in [0.2, 0.25) is 5.02 Å². The van der Waals surface area contributed by atoms with Gasteiger partial charge in [-0.25, -0.2) is 8.42 Å². The SMILES string of the molecule is C=CCCC(C(=O)OCC)N(Cc1ccc(C#N)cc1)S(=O)(=O)c1ccc(Cl)cc1. The van der Waals surface area contributed by atoms with Gasteiger partial charge < -0.3 is 4.74 Å². The van der Waals surface area contributed by atoms with Crippen LogP contribution in [0.3, 0.4) is 0 Å². The Morgan fingerprint density at radius 2 is 1.87 bits per heavy atom. The van der Waals surface area contributed by atoms with E-state index in [4.69, 9.17) is 21.6 Å². The molecule has 2 aromatic rings. The van der Waals surface area contributed by atoms with Crippen LogP contribution in [0.15, 0.2) is 66.1 Å². The van der Waals surface area contributed by atoms with Crippen molar-refractivity contribution in [3.05, 3.63) is 77.3 Å². The molecule has 1 unspecified atom stereocenters. The summed E-state index contributed by atoms with van der Waals surface area (Å²) in [6.07, 6.45) is 2.29. The minimum Gasteiger partial charge on any atom is -0.465 e. The number of halogens is 1. The van der Waals surface area contributed by atoms with E-state index >= 15 is 0 Å². The summed E-state index contributed by atoms with van der Waals surface area (Å²) < 4.78 is 33.3. The van der Waals surface area contributed by atoms with Gasteiger partial charge in [0.25, 0.3) is 0 Å². The van der Waals surface area contributed by atoms with E-state index in [1.165, 1.54) is 24.3 Å². The van der Waals surface area contributed by atoms with Crippen LogP contribution in [0.4, 0.5) is 0 Å². The quantitative estimate of drug-likeness (QED) is 0.401. The number of nitrogens with zero attached hydrogens (tertiary/aromatic N) is 2. The number of carbonyl (C=O) groups excluding carboxylic acids is 1. The number of ether oxygens (including phenoxy) is 1. The number of rotatable bonds is 10. The van der Waals surface area contributed by atoms with Crippen molar-refractivity contribution < 1.29 is 17.9 Å². The highest BCUT2D eigenvalue weighted by molar-refractivity contribution is 7.89. The highest BCUT2D eigenvalue weighted by atomic mass is 35.5. The van der Waals surface area contributed by atoms with Crippen LogP contribution >= 0.6 is 11.6 Å². The summed E-state index contributed by atoms with van der Waals surface area (Å²) in [4.78, 5) is 12.7. The lowest BCUT2D eigenvalue weighted by atomic mass is 10.1. The van der Waals surface area contributed by atoms with Crippen LogP contribution < -0.4 is 0 Å². The van der Waals surface area contributed by atoms with Gasteiger partial charge in [-0.05, 0) is 61.7 Å². The molecule has 0 aliphatic rings. The second-order valence-corrected chi connectivity index (χ2v) is 8.77. The Morgan fingerprint density at radius 1 is 1.23 bits per heavy atom. The lowest BCUT2D eigenvalue weighted by Gasteiger charge is -2.29. The van der Waals surface area contributed by atoms with Gasteiger partial charge in [-0.1, -0.05) is 29.8 Å². The van der Waals surface area contributed by atoms with Gasteiger partial charge in [-0.3, -0.25) is 4.79 Å². The Balaban J connectivity index is 2.52. The molecule has 1 atom stereocenters. The van der Waals surface area contributed by atoms with Crippen molar-refractivity contribution in [1.29, 1.82) is 5.26 Å². The predicted molar refractivity (Wildman–Crippen MR) is 115 cm³/mol. The molecule has 0 aliphatic carbocycles. The average Bonchev–Trinajstić information content (AvgIpc) is 2.74. The Kier molecular flexibility index (Phi) is 8.60. The number of esters is 1. The molecule has 158 valence electrons. The normalized spacial score (nSPS) is 12.2. The molecule has 0 aromatic heterocycles. The summed E-state index contributed by atoms with van der Waals surface area (Å²) in [5.74, 6) is -0.620. The van der Waals surface area contributed by atoms with Gasteiger partial charge in [-0.2, -0.15) is 9.57 Å². The first kappa shape index (κ1) is 23.6. The first-order valence-corrected chi connectivity index (χ1v) is 11.2. The first-order chi connectivity index (χ1) is 14.3. The average molecular weight is 447 g/mol. The predicted octanol–water partition coefficient (Wildman–Crippen LogP) is 4.30. The summed E-state index contributed by atoms with van der Waals surface area (Å²) >= 11 is 5.90. The summed E-state index contributed by atoms with van der Waals surface area (Å²) in [7, 11) is -4.05. The van der Waals surface area contributed by atoms with Crippen LogP contribution in [0.1, 0.15) is 30.9 Å². The second-order valence-electron chi connectivity index (χ2n) is 6.45. The maximum atomic E-state index is 13.5. The van der Waals surface area contributed by atoms with Crippen LogP contribution in [0.25, 0.3) is 0 Å². The highest BCUT2D eigenvalue weighted by Crippen LogP contribution is 2.25. The number of hydrogen-bond donors (Lipinski definition) is 0. The zero-order valence-corrected chi connectivity index (χ0v) is 18.2. The van der Waals surface area contributed by atoms with E-state index < -0.39 is 22.0 Å². The molecule has 0 radical (unpaired) electrons. The summed E-state index contributed by atoms with van der Waals surface area (Å²) in [5.41, 5.74) is 1.10. The number of benzene rings is 2. The second kappa shape index (κ2) is 10.9. The van der Waals surface area contributed by atoms with E-state index in [1.54, 1.807) is 37.3 Å². The molecule has 0 bridgehead atoms. The molecule has 0 saturated carbocycles. The third-order valence-corrected chi connectivity index (χ3v) is 6.51. The van der Waals surface area contributed by atoms with Crippen molar-refractivity contribution in [3.63, 3.8) is 0 Å². The largest absolute Gasteiger partial charge is 0.465 e. The van der Waals surface area contributed by atoms with E-state index in [9.17, 15) is 13.2 Å². The molecule has 8 heteroatoms. The fraction of sp³-hybridized carbons (Fsp3) is 0.273. The van der Waals surface area contributed by atoms with E-state index in [0.29, 0.717) is 22.6 Å². The maximum absolute atomic E-state index is 13.5. The highest BCUT2D eigenvalue weighted by Gasteiger charge is 2.36. The van der Waals surface area contributed by atoms with E-state index in [-0.39, 0.29) is 24.5 Å².